The molecule has 0 aromatic carbocycles. The first kappa shape index (κ1) is 23.8. The number of carbonyl (C=O) groups excluding carboxylic acids is 1. The molecule has 1 rings (SSSR count). The van der Waals surface area contributed by atoms with E-state index in [1.807, 2.05) is 18.7 Å². The topological polar surface area (TPSA) is 32.3 Å². The second kappa shape index (κ2) is 10.0. The van der Waals surface area contributed by atoms with Crippen LogP contribution in [0.3, 0.4) is 0 Å². The second-order valence-corrected chi connectivity index (χ2v) is 8.14. The summed E-state index contributed by atoms with van der Waals surface area (Å²) in [7, 11) is 0. The number of hydrogen-bond donors (Lipinski definition) is 1. The van der Waals surface area contributed by atoms with Crippen LogP contribution in [0.2, 0.25) is 0 Å². The van der Waals surface area contributed by atoms with E-state index in [4.69, 9.17) is 0 Å². The van der Waals surface area contributed by atoms with Gasteiger partial charge in [-0.15, -0.1) is 0 Å². The summed E-state index contributed by atoms with van der Waals surface area (Å²) in [5, 5.41) is 3.24. The Kier molecular flexibility index (Phi) is 9.53. The van der Waals surface area contributed by atoms with Crippen molar-refractivity contribution < 1.29 is 4.79 Å². The van der Waals surface area contributed by atoms with Crippen molar-refractivity contribution in [3.05, 3.63) is 22.5 Å². The zero-order valence-corrected chi connectivity index (χ0v) is 18.7. The maximum absolute atomic E-state index is 13.0. The molecule has 0 saturated heterocycles. The Morgan fingerprint density at radius 2 is 1.12 bits per heavy atom. The highest BCUT2D eigenvalue weighted by Crippen LogP contribution is 2.39. The van der Waals surface area contributed by atoms with E-state index in [0.29, 0.717) is 23.7 Å². The van der Waals surface area contributed by atoms with Crippen LogP contribution in [0.5, 0.6) is 0 Å². The van der Waals surface area contributed by atoms with E-state index in [0.717, 1.165) is 5.70 Å². The largest absolute Gasteiger partial charge is 0.326 e. The van der Waals surface area contributed by atoms with Crippen molar-refractivity contribution in [3.8, 4) is 0 Å². The molecule has 1 N–H and O–H groups in total. The maximum Gasteiger partial charge on any atom is 0.326 e. The van der Waals surface area contributed by atoms with E-state index in [-0.39, 0.29) is 12.1 Å². The van der Waals surface area contributed by atoms with Crippen LogP contribution in [0.4, 0.5) is 4.79 Å². The third-order valence-electron chi connectivity index (χ3n) is 4.37. The molecule has 3 heteroatoms. The SMILES string of the molecule is CC.CC(C)C1=C(C(C)C)C(C(C)C)=C(C(C)C)N(C(C)C)C(=O)N1. The van der Waals surface area contributed by atoms with Gasteiger partial charge in [-0.2, -0.15) is 0 Å². The van der Waals surface area contributed by atoms with Gasteiger partial charge in [0, 0.05) is 17.4 Å². The summed E-state index contributed by atoms with van der Waals surface area (Å²) in [6.07, 6.45) is 0. The minimum atomic E-state index is 0.0150. The van der Waals surface area contributed by atoms with Gasteiger partial charge in [-0.25, -0.2) is 4.79 Å². The molecule has 0 radical (unpaired) electrons. The average molecular weight is 351 g/mol. The molecule has 25 heavy (non-hydrogen) atoms. The summed E-state index contributed by atoms with van der Waals surface area (Å²) in [6, 6.07) is 0.155. The highest BCUT2D eigenvalue weighted by Gasteiger charge is 2.34. The van der Waals surface area contributed by atoms with Crippen LogP contribution in [0.25, 0.3) is 0 Å². The number of nitrogens with zero attached hydrogens (tertiary/aromatic N) is 1. The molecule has 0 bridgehead atoms. The van der Waals surface area contributed by atoms with Crippen LogP contribution < -0.4 is 5.32 Å². The smallest absolute Gasteiger partial charge is 0.311 e. The zero-order chi connectivity index (χ0) is 20.1. The Hall–Kier alpha value is -1.25. The number of allylic oxidation sites excluding steroid dienone is 4. The molecular formula is C22H42N2O. The Labute approximate surface area is 156 Å². The van der Waals surface area contributed by atoms with Crippen LogP contribution >= 0.6 is 0 Å². The second-order valence-electron chi connectivity index (χ2n) is 8.14. The summed E-state index contributed by atoms with van der Waals surface area (Å²) in [5.41, 5.74) is 4.96. The van der Waals surface area contributed by atoms with Gasteiger partial charge in [-0.1, -0.05) is 69.2 Å². The average Bonchev–Trinajstić information content (AvgIpc) is 2.63. The van der Waals surface area contributed by atoms with Crippen LogP contribution in [0, 0.1) is 23.7 Å². The fourth-order valence-corrected chi connectivity index (χ4v) is 3.55. The lowest BCUT2D eigenvalue weighted by Crippen LogP contribution is -2.44. The molecule has 0 aromatic rings. The molecule has 0 saturated carbocycles. The standard InChI is InChI=1S/C20H36N2O.C2H6/c1-11(2)16-17(12(3)4)19(14(7)8)22(15(9)10)20(23)21-18(16)13(5)6;1-2/h11-15H,1-10H3,(H,21,23);1-2H3. The summed E-state index contributed by atoms with van der Waals surface area (Å²) >= 11 is 0. The van der Waals surface area contributed by atoms with Gasteiger partial charge in [0.05, 0.1) is 0 Å². The van der Waals surface area contributed by atoms with Crippen LogP contribution in [-0.2, 0) is 0 Å². The molecule has 0 atom stereocenters. The van der Waals surface area contributed by atoms with Gasteiger partial charge in [0.25, 0.3) is 0 Å². The van der Waals surface area contributed by atoms with E-state index in [1.54, 1.807) is 0 Å². The zero-order valence-electron chi connectivity index (χ0n) is 18.7. The number of carbonyl (C=O) groups is 1. The van der Waals surface area contributed by atoms with Crippen molar-refractivity contribution in [3.63, 3.8) is 0 Å². The first-order valence-electron chi connectivity index (χ1n) is 10.1. The highest BCUT2D eigenvalue weighted by atomic mass is 16.2. The highest BCUT2D eigenvalue weighted by molar-refractivity contribution is 5.80. The van der Waals surface area contributed by atoms with Crippen LogP contribution in [-0.4, -0.2) is 17.0 Å². The van der Waals surface area contributed by atoms with E-state index in [1.165, 1.54) is 16.8 Å². The van der Waals surface area contributed by atoms with Gasteiger partial charge in [-0.3, -0.25) is 4.90 Å². The van der Waals surface area contributed by atoms with Crippen molar-refractivity contribution in [1.29, 1.82) is 0 Å². The number of nitrogens with one attached hydrogen (secondary N) is 1. The van der Waals surface area contributed by atoms with Crippen molar-refractivity contribution in [2.45, 2.75) is 89.1 Å². The van der Waals surface area contributed by atoms with Gasteiger partial charge >= 0.3 is 6.03 Å². The first-order chi connectivity index (χ1) is 11.5. The molecule has 2 amide bonds. The van der Waals surface area contributed by atoms with Crippen LogP contribution in [0.15, 0.2) is 22.5 Å². The van der Waals surface area contributed by atoms with Gasteiger partial charge < -0.3 is 5.32 Å². The maximum atomic E-state index is 13.0. The van der Waals surface area contributed by atoms with Crippen molar-refractivity contribution >= 4 is 6.03 Å². The normalized spacial score (nSPS) is 16.2. The van der Waals surface area contributed by atoms with Gasteiger partial charge in [0.2, 0.25) is 0 Å². The monoisotopic (exact) mass is 350 g/mol. The molecule has 0 spiro atoms. The number of urea groups is 1. The number of hydrogen-bond acceptors (Lipinski definition) is 1. The third kappa shape index (κ3) is 5.36. The summed E-state index contributed by atoms with van der Waals surface area (Å²) < 4.78 is 0. The summed E-state index contributed by atoms with van der Waals surface area (Å²) in [5.74, 6) is 1.37. The molecule has 0 aliphatic carbocycles. The van der Waals surface area contributed by atoms with Crippen molar-refractivity contribution in [1.82, 2.24) is 10.2 Å². The van der Waals surface area contributed by atoms with E-state index < -0.39 is 0 Å². The quantitative estimate of drug-likeness (QED) is 0.597. The van der Waals surface area contributed by atoms with E-state index in [9.17, 15) is 4.79 Å². The summed E-state index contributed by atoms with van der Waals surface area (Å²) in [6.45, 7) is 25.8. The van der Waals surface area contributed by atoms with Crippen LogP contribution in [0.1, 0.15) is 83.1 Å². The van der Waals surface area contributed by atoms with Crippen molar-refractivity contribution in [2.75, 3.05) is 0 Å². The molecule has 0 unspecified atom stereocenters. The predicted octanol–water partition coefficient (Wildman–Crippen LogP) is 6.58. The fraction of sp³-hybridized carbons (Fsp3) is 0.773. The molecule has 1 aliphatic heterocycles. The minimum Gasteiger partial charge on any atom is -0.311 e. The fourth-order valence-electron chi connectivity index (χ4n) is 3.55. The molecule has 3 nitrogen and oxygen atoms in total. The molecule has 1 aliphatic rings. The Balaban J connectivity index is 0.00000277. The molecule has 1 heterocycles. The Morgan fingerprint density at radius 3 is 1.40 bits per heavy atom. The van der Waals surface area contributed by atoms with E-state index in [2.05, 4.69) is 74.6 Å². The first-order valence-corrected chi connectivity index (χ1v) is 10.1. The Bertz CT molecular complexity index is 508. The molecular weight excluding hydrogens is 308 g/mol. The van der Waals surface area contributed by atoms with Gasteiger partial charge in [0.15, 0.2) is 0 Å². The lowest BCUT2D eigenvalue weighted by atomic mass is 9.81. The predicted molar refractivity (Wildman–Crippen MR) is 110 cm³/mol. The minimum absolute atomic E-state index is 0.0150. The lowest BCUT2D eigenvalue weighted by molar-refractivity contribution is 0.197. The molecule has 0 fully saturated rings. The van der Waals surface area contributed by atoms with E-state index >= 15 is 0 Å². The Morgan fingerprint density at radius 1 is 0.680 bits per heavy atom. The third-order valence-corrected chi connectivity index (χ3v) is 4.37. The molecule has 146 valence electrons. The van der Waals surface area contributed by atoms with Gasteiger partial charge in [-0.05, 0) is 48.7 Å². The summed E-state index contributed by atoms with van der Waals surface area (Å²) in [4.78, 5) is 14.9. The lowest BCUT2D eigenvalue weighted by Gasteiger charge is -2.33. The number of amides is 2. The number of rotatable bonds is 5. The van der Waals surface area contributed by atoms with Gasteiger partial charge in [0.1, 0.15) is 0 Å². The van der Waals surface area contributed by atoms with Crippen molar-refractivity contribution in [2.24, 2.45) is 23.7 Å². The molecule has 0 aromatic heterocycles.